The Morgan fingerprint density at radius 3 is 0.860 bits per heavy atom. The van der Waals surface area contributed by atoms with Gasteiger partial charge in [-0.2, -0.15) is 59.1 Å². The van der Waals surface area contributed by atoms with E-state index in [-0.39, 0.29) is 35.8 Å². The molecule has 9 fully saturated rings. The van der Waals surface area contributed by atoms with E-state index in [2.05, 4.69) is 31.9 Å². The van der Waals surface area contributed by atoms with Crippen LogP contribution in [0, 0.1) is 47.3 Å². The van der Waals surface area contributed by atoms with Crippen molar-refractivity contribution in [3.05, 3.63) is 36.4 Å². The molecule has 42 heteroatoms. The fraction of sp³-hybridized carbons (Fsp3) is 0.727. The van der Waals surface area contributed by atoms with Gasteiger partial charge in [-0.15, -0.1) is 10.1 Å². The van der Waals surface area contributed by atoms with Crippen molar-refractivity contribution >= 4 is 92.9 Å². The lowest BCUT2D eigenvalue weighted by Crippen LogP contribution is -2.64. The molecule has 2 aromatic carbocycles. The summed E-state index contributed by atoms with van der Waals surface area (Å²) in [6.07, 6.45) is 1.01. The van der Waals surface area contributed by atoms with Gasteiger partial charge in [0, 0.05) is 0 Å². The van der Waals surface area contributed by atoms with E-state index in [1.807, 2.05) is 0 Å². The van der Waals surface area contributed by atoms with Crippen molar-refractivity contribution in [2.75, 3.05) is 11.5 Å². The molecule has 0 spiro atoms. The molecule has 34 nitrogen and oxygen atoms in total. The molecule has 5 saturated heterocycles. The Hall–Kier alpha value is -3.00. The predicted molar refractivity (Wildman–Crippen MR) is 297 cm³/mol. The predicted octanol–water partition coefficient (Wildman–Crippen LogP) is -0.972. The van der Waals surface area contributed by atoms with Crippen LogP contribution >= 0.6 is 0 Å². The summed E-state index contributed by atoms with van der Waals surface area (Å²) in [5, 5.41) is 23.2. The van der Waals surface area contributed by atoms with Gasteiger partial charge in [-0.25, -0.2) is 16.8 Å². The number of nitrogen functional groups attached to an aromatic ring is 2. The second-order valence-electron chi connectivity index (χ2n) is 23.5. The first-order valence-electron chi connectivity index (χ1n) is 27.8. The number of anilines is 2. The number of rotatable bonds is 14. The Morgan fingerprint density at radius 2 is 0.628 bits per heavy atom. The summed E-state index contributed by atoms with van der Waals surface area (Å²) in [5.41, 5.74) is 9.94. The molecule has 0 aromatic heterocycles. The first kappa shape index (κ1) is 64.5. The van der Waals surface area contributed by atoms with Gasteiger partial charge >= 0.3 is 41.2 Å². The highest BCUT2D eigenvalue weighted by Gasteiger charge is 2.62. The van der Waals surface area contributed by atoms with Crippen molar-refractivity contribution in [1.29, 1.82) is 0 Å². The third kappa shape index (κ3) is 11.9. The Morgan fingerprint density at radius 1 is 0.384 bits per heavy atom. The average Bonchev–Trinajstić information content (AvgIpc) is 1.42. The van der Waals surface area contributed by atoms with Gasteiger partial charge in [-0.1, -0.05) is 51.4 Å². The molecule has 5 aliphatic heterocycles. The van der Waals surface area contributed by atoms with Crippen LogP contribution in [0.1, 0.15) is 103 Å². The SMILES string of the molecule is Nc1ccc(S(=O)(=O)N(S(=O)(=O)O)S(=O)(=O)ON2C3NC4NC(NC5C6CCCCC6C(NC6NC(NC2C2CCCCC23)C2CCCCC62)N5OS(=O)(=O)N(S(=O)(=O)O)S(=O)(=O)c2ccc(N)c(S(=O)(=O)O)c2)C2CCCCC42)cc1S(=O)(=O)O. The largest absolute Gasteiger partial charge is 0.398 e. The third-order valence-electron chi connectivity index (χ3n) is 18.7. The summed E-state index contributed by atoms with van der Waals surface area (Å²) < 4.78 is 269. The van der Waals surface area contributed by atoms with Crippen LogP contribution in [-0.2, 0) is 90.1 Å². The quantitative estimate of drug-likeness (QED) is 0.0799. The summed E-state index contributed by atoms with van der Waals surface area (Å²) in [6.45, 7) is 0. The highest BCUT2D eigenvalue weighted by atomic mass is 32.4. The first-order chi connectivity index (χ1) is 40.0. The first-order valence-corrected chi connectivity index (χ1v) is 39.1. The molecule has 5 heterocycles. The third-order valence-corrected chi connectivity index (χ3v) is 32.0. The number of sulfonamides is 2. The van der Waals surface area contributed by atoms with E-state index in [9.17, 15) is 85.6 Å². The number of nitrogens with zero attached hydrogens (tertiary/aromatic N) is 4. The molecular weight excluding hydrogens is 1310 g/mol. The highest BCUT2D eigenvalue weighted by Crippen LogP contribution is 2.50. The lowest BCUT2D eigenvalue weighted by atomic mass is 9.76. The maximum atomic E-state index is 14.9. The molecule has 14 N–H and O–H groups in total. The number of hydrogen-bond acceptors (Lipinski definition) is 28. The van der Waals surface area contributed by atoms with E-state index in [1.54, 1.807) is 0 Å². The van der Waals surface area contributed by atoms with E-state index in [4.69, 9.17) is 20.0 Å². The lowest BCUT2D eigenvalue weighted by molar-refractivity contribution is -0.133. The standard InChI is InChI=1S/C44H68N12O22S8/c45-33-19-17-23(21-35(33)81(61,62)63)79(57,58)55(83(67,68)69)85(73,74)77-53-41-29-13-5-6-14-30(29)43(53)51-39-27-11-3-4-12-28(27)40(48-39)52-44-32-16-8-7-15-31(32)42(50-38-26-10-2-1-9-25(26)37(47-38)49-41)54(44)78-86(75,76)56(84(70,71)72)80(59,60)24-18-20-34(46)36(22-24)82(64,65)66/h17-22,25-32,37-44,47-52H,1-16,45-46H2,(H,61,62,63)(H,64,65,66)(H,67,68,69)(H,70,71,72). The maximum Gasteiger partial charge on any atom is 0.384 e. The Bertz CT molecular complexity index is 3630. The van der Waals surface area contributed by atoms with Crippen molar-refractivity contribution < 1.29 is 94.1 Å². The normalized spacial score (nSPS) is 35.2. The van der Waals surface area contributed by atoms with Crippen molar-refractivity contribution in [1.82, 2.24) is 48.3 Å². The van der Waals surface area contributed by atoms with Crippen molar-refractivity contribution in [3.8, 4) is 0 Å². The number of fused-ring (bicyclic) bond motifs is 20. The van der Waals surface area contributed by atoms with E-state index in [1.165, 1.54) is 0 Å². The summed E-state index contributed by atoms with van der Waals surface area (Å²) in [6, 6.07) is 2.80. The van der Waals surface area contributed by atoms with Crippen molar-refractivity contribution in [3.63, 3.8) is 0 Å². The van der Waals surface area contributed by atoms with Crippen molar-refractivity contribution in [2.24, 2.45) is 47.3 Å². The van der Waals surface area contributed by atoms with Crippen LogP contribution in [0.4, 0.5) is 11.4 Å². The summed E-state index contributed by atoms with van der Waals surface area (Å²) in [4.78, 5) is -5.18. The minimum absolute atomic E-state index is 0.203. The van der Waals surface area contributed by atoms with Gasteiger partial charge in [-0.3, -0.25) is 50.1 Å². The van der Waals surface area contributed by atoms with Crippen LogP contribution in [0.15, 0.2) is 56.0 Å². The smallest absolute Gasteiger partial charge is 0.384 e. The molecule has 8 bridgehead atoms. The molecule has 16 unspecified atom stereocenters. The van der Waals surface area contributed by atoms with Crippen LogP contribution in [0.2, 0.25) is 0 Å². The van der Waals surface area contributed by atoms with Gasteiger partial charge in [0.25, 0.3) is 40.3 Å². The van der Waals surface area contributed by atoms with Gasteiger partial charge in [0.2, 0.25) is 0 Å². The lowest BCUT2D eigenvalue weighted by Gasteiger charge is -2.37. The summed E-state index contributed by atoms with van der Waals surface area (Å²) in [5.74, 6) is -3.45. The number of nitrogens with one attached hydrogen (secondary N) is 6. The van der Waals surface area contributed by atoms with Gasteiger partial charge < -0.3 is 11.5 Å². The number of nitrogens with two attached hydrogens (primary N) is 2. The average molecular weight is 1370 g/mol. The van der Waals surface area contributed by atoms with Crippen LogP contribution in [-0.4, -0.2) is 151 Å². The zero-order valence-electron chi connectivity index (χ0n) is 45.4. The molecule has 484 valence electrons. The van der Waals surface area contributed by atoms with Gasteiger partial charge in [0.1, 0.15) is 9.79 Å². The fourth-order valence-electron chi connectivity index (χ4n) is 15.3. The van der Waals surface area contributed by atoms with Crippen molar-refractivity contribution in [2.45, 2.75) is 172 Å². The van der Waals surface area contributed by atoms with Gasteiger partial charge in [-0.05, 0) is 135 Å². The molecule has 0 radical (unpaired) electrons. The molecule has 4 aliphatic carbocycles. The Balaban J connectivity index is 1.01. The highest BCUT2D eigenvalue weighted by molar-refractivity contribution is 8.15. The number of hydroxylamine groups is 4. The van der Waals surface area contributed by atoms with E-state index in [0.717, 1.165) is 10.1 Å². The summed E-state index contributed by atoms with van der Waals surface area (Å²) >= 11 is 0. The minimum atomic E-state index is -6.43. The summed E-state index contributed by atoms with van der Waals surface area (Å²) in [7, 11) is -48.3. The topological polar surface area (TPSA) is 510 Å². The Kier molecular flexibility index (Phi) is 17.2. The molecular formula is C44H68N12O22S8. The second-order valence-corrected chi connectivity index (χ2v) is 36.5. The number of hydrogen-bond donors (Lipinski definition) is 12. The number of benzene rings is 2. The van der Waals surface area contributed by atoms with Crippen LogP contribution < -0.4 is 43.4 Å². The van der Waals surface area contributed by atoms with E-state index >= 15 is 0 Å². The van der Waals surface area contributed by atoms with Gasteiger partial charge in [0.15, 0.2) is 0 Å². The zero-order valence-corrected chi connectivity index (χ0v) is 51.9. The van der Waals surface area contributed by atoms with Crippen LogP contribution in [0.5, 0.6) is 0 Å². The molecule has 16 atom stereocenters. The van der Waals surface area contributed by atoms with E-state index in [0.29, 0.717) is 127 Å². The van der Waals surface area contributed by atoms with Crippen LogP contribution in [0.25, 0.3) is 0 Å². The van der Waals surface area contributed by atoms with E-state index < -0.39 is 192 Å². The van der Waals surface area contributed by atoms with Crippen LogP contribution in [0.3, 0.4) is 0 Å². The fourth-order valence-corrected chi connectivity index (χ4v) is 26.1. The molecule has 86 heavy (non-hydrogen) atoms. The molecule has 0 amide bonds. The Labute approximate surface area is 499 Å². The molecule has 4 saturated carbocycles. The molecule has 9 aliphatic rings. The molecule has 2 aromatic rings. The minimum Gasteiger partial charge on any atom is -0.398 e. The maximum absolute atomic E-state index is 14.9. The molecule has 11 rings (SSSR count). The van der Waals surface area contributed by atoms with Gasteiger partial charge in [0.05, 0.1) is 76.7 Å². The second kappa shape index (κ2) is 23.0. The zero-order chi connectivity index (χ0) is 62.2. The monoisotopic (exact) mass is 1370 g/mol.